The largest absolute Gasteiger partial charge is 0.364 e. The number of hydrogen-bond acceptors (Lipinski definition) is 5. The van der Waals surface area contributed by atoms with Crippen LogP contribution in [0.25, 0.3) is 0 Å². The number of nitrogens with one attached hydrogen (secondary N) is 1. The molecular weight excluding hydrogens is 280 g/mol. The molecule has 1 aliphatic heterocycles. The lowest BCUT2D eigenvalue weighted by Crippen LogP contribution is -2.35. The van der Waals surface area contributed by atoms with Gasteiger partial charge in [-0.2, -0.15) is 0 Å². The molecule has 1 aromatic rings. The Kier molecular flexibility index (Phi) is 5.14. The lowest BCUT2D eigenvalue weighted by atomic mass is 9.97. The smallest absolute Gasteiger partial charge is 0.312 e. The first-order valence-corrected chi connectivity index (χ1v) is 7.24. The second-order valence-corrected chi connectivity index (χ2v) is 5.47. The molecule has 7 heteroatoms. The van der Waals surface area contributed by atoms with Gasteiger partial charge in [0.2, 0.25) is 5.82 Å². The number of aromatic nitrogens is 1. The Morgan fingerprint density at radius 1 is 1.55 bits per heavy atom. The minimum Gasteiger partial charge on any atom is -0.364 e. The summed E-state index contributed by atoms with van der Waals surface area (Å²) in [4.78, 5) is 16.9. The van der Waals surface area contributed by atoms with Crippen molar-refractivity contribution in [2.45, 2.75) is 19.8 Å². The molecule has 1 saturated heterocycles. The van der Waals surface area contributed by atoms with Gasteiger partial charge in [-0.15, -0.1) is 0 Å². The van der Waals surface area contributed by atoms with Crippen molar-refractivity contribution in [3.05, 3.63) is 27.4 Å². The quantitative estimate of drug-likeness (QED) is 0.668. The summed E-state index contributed by atoms with van der Waals surface area (Å²) in [6.45, 7) is 6.16. The number of hydrogen-bond donors (Lipinski definition) is 1. The molecule has 110 valence electrons. The molecule has 1 aliphatic rings. The van der Waals surface area contributed by atoms with Crippen molar-refractivity contribution < 1.29 is 4.92 Å². The third-order valence-corrected chi connectivity index (χ3v) is 3.95. The van der Waals surface area contributed by atoms with Crippen molar-refractivity contribution in [3.63, 3.8) is 0 Å². The zero-order valence-corrected chi connectivity index (χ0v) is 12.3. The Labute approximate surface area is 123 Å². The van der Waals surface area contributed by atoms with Crippen molar-refractivity contribution in [2.24, 2.45) is 5.92 Å². The minimum absolute atomic E-state index is 0.0662. The molecule has 20 heavy (non-hydrogen) atoms. The normalized spacial score (nSPS) is 17.1. The van der Waals surface area contributed by atoms with E-state index in [1.165, 1.54) is 12.3 Å². The van der Waals surface area contributed by atoms with Gasteiger partial charge in [-0.05, 0) is 38.4 Å². The van der Waals surface area contributed by atoms with E-state index in [2.05, 4.69) is 22.1 Å². The number of halogens is 1. The maximum atomic E-state index is 11.0. The van der Waals surface area contributed by atoms with Crippen molar-refractivity contribution in [3.8, 4) is 0 Å². The summed E-state index contributed by atoms with van der Waals surface area (Å²) in [5, 5.41) is 14.3. The van der Waals surface area contributed by atoms with Gasteiger partial charge in [0.25, 0.3) is 0 Å². The highest BCUT2D eigenvalue weighted by Crippen LogP contribution is 2.26. The number of pyridine rings is 1. The van der Waals surface area contributed by atoms with Crippen molar-refractivity contribution in [1.82, 2.24) is 9.88 Å². The van der Waals surface area contributed by atoms with Crippen LogP contribution >= 0.6 is 11.6 Å². The summed E-state index contributed by atoms with van der Waals surface area (Å²) in [5.41, 5.74) is -0.0662. The van der Waals surface area contributed by atoms with E-state index in [9.17, 15) is 10.1 Å². The Balaban J connectivity index is 1.93. The van der Waals surface area contributed by atoms with E-state index < -0.39 is 4.92 Å². The molecule has 0 amide bonds. The van der Waals surface area contributed by atoms with Crippen LogP contribution in [0.3, 0.4) is 0 Å². The fourth-order valence-electron chi connectivity index (χ4n) is 2.45. The molecule has 0 aromatic carbocycles. The number of rotatable bonds is 5. The number of anilines is 1. The Morgan fingerprint density at radius 2 is 2.25 bits per heavy atom. The van der Waals surface area contributed by atoms with Gasteiger partial charge in [0, 0.05) is 18.8 Å². The minimum atomic E-state index is -0.457. The molecule has 0 bridgehead atoms. The third kappa shape index (κ3) is 3.80. The number of nitrogens with zero attached hydrogens (tertiary/aromatic N) is 3. The van der Waals surface area contributed by atoms with Crippen LogP contribution in [0.15, 0.2) is 12.3 Å². The SMILES string of the molecule is CCN1CCC(CNc2ncc(Cl)cc2[N+](=O)[O-])CC1. The van der Waals surface area contributed by atoms with Gasteiger partial charge in [-0.3, -0.25) is 10.1 Å². The van der Waals surface area contributed by atoms with Crippen LogP contribution in [0.5, 0.6) is 0 Å². The third-order valence-electron chi connectivity index (χ3n) is 3.74. The van der Waals surface area contributed by atoms with Crippen LogP contribution in [0.1, 0.15) is 19.8 Å². The molecule has 0 saturated carbocycles. The summed E-state index contributed by atoms with van der Waals surface area (Å²) in [7, 11) is 0. The molecule has 0 unspecified atom stereocenters. The van der Waals surface area contributed by atoms with E-state index in [0.717, 1.165) is 32.5 Å². The fourth-order valence-corrected chi connectivity index (χ4v) is 2.60. The first kappa shape index (κ1) is 15.0. The fraction of sp³-hybridized carbons (Fsp3) is 0.615. The highest BCUT2D eigenvalue weighted by molar-refractivity contribution is 6.30. The van der Waals surface area contributed by atoms with Crippen LogP contribution < -0.4 is 5.32 Å². The molecule has 1 N–H and O–H groups in total. The summed E-state index contributed by atoms with van der Waals surface area (Å²) in [5.74, 6) is 0.840. The van der Waals surface area contributed by atoms with Gasteiger partial charge in [-0.1, -0.05) is 18.5 Å². The molecule has 1 fully saturated rings. The topological polar surface area (TPSA) is 71.3 Å². The second kappa shape index (κ2) is 6.85. The molecule has 1 aromatic heterocycles. The van der Waals surface area contributed by atoms with Crippen LogP contribution in [0, 0.1) is 16.0 Å². The molecule has 0 radical (unpaired) electrons. The maximum Gasteiger partial charge on any atom is 0.312 e. The second-order valence-electron chi connectivity index (χ2n) is 5.04. The van der Waals surface area contributed by atoms with Crippen molar-refractivity contribution in [2.75, 3.05) is 31.5 Å². The van der Waals surface area contributed by atoms with Gasteiger partial charge in [0.15, 0.2) is 0 Å². The molecule has 6 nitrogen and oxygen atoms in total. The van der Waals surface area contributed by atoms with Crippen LogP contribution in [0.4, 0.5) is 11.5 Å². The first-order valence-electron chi connectivity index (χ1n) is 6.86. The Morgan fingerprint density at radius 3 is 2.85 bits per heavy atom. The van der Waals surface area contributed by atoms with E-state index in [0.29, 0.717) is 18.3 Å². The van der Waals surface area contributed by atoms with E-state index in [4.69, 9.17) is 11.6 Å². The Bertz CT molecular complexity index is 475. The standard InChI is InChI=1S/C13H19ClN4O2/c1-2-17-5-3-10(4-6-17)8-15-13-12(18(19)20)7-11(14)9-16-13/h7,9-10H,2-6,8H2,1H3,(H,15,16). The molecule has 0 spiro atoms. The first-order chi connectivity index (χ1) is 9.60. The molecular formula is C13H19ClN4O2. The van der Waals surface area contributed by atoms with Crippen molar-refractivity contribution >= 4 is 23.1 Å². The zero-order chi connectivity index (χ0) is 14.5. The monoisotopic (exact) mass is 298 g/mol. The number of piperidine rings is 1. The molecule has 2 heterocycles. The predicted molar refractivity (Wildman–Crippen MR) is 79.2 cm³/mol. The Hall–Kier alpha value is -1.40. The lowest BCUT2D eigenvalue weighted by Gasteiger charge is -2.31. The summed E-state index contributed by atoms with van der Waals surface area (Å²) in [6, 6.07) is 1.33. The van der Waals surface area contributed by atoms with Gasteiger partial charge < -0.3 is 10.2 Å². The van der Waals surface area contributed by atoms with Gasteiger partial charge >= 0.3 is 5.69 Å². The molecule has 0 atom stereocenters. The maximum absolute atomic E-state index is 11.0. The van der Waals surface area contributed by atoms with Gasteiger partial charge in [0.1, 0.15) is 0 Å². The lowest BCUT2D eigenvalue weighted by molar-refractivity contribution is -0.384. The summed E-state index contributed by atoms with van der Waals surface area (Å²) < 4.78 is 0. The van der Waals surface area contributed by atoms with E-state index in [-0.39, 0.29) is 10.7 Å². The van der Waals surface area contributed by atoms with Crippen LogP contribution in [0.2, 0.25) is 5.02 Å². The van der Waals surface area contributed by atoms with Crippen LogP contribution in [-0.4, -0.2) is 41.0 Å². The van der Waals surface area contributed by atoms with Gasteiger partial charge in [-0.25, -0.2) is 4.98 Å². The molecule has 0 aliphatic carbocycles. The van der Waals surface area contributed by atoms with E-state index in [1.54, 1.807) is 0 Å². The average Bonchev–Trinajstić information content (AvgIpc) is 2.46. The van der Waals surface area contributed by atoms with E-state index >= 15 is 0 Å². The van der Waals surface area contributed by atoms with E-state index in [1.807, 2.05) is 0 Å². The predicted octanol–water partition coefficient (Wildman–Crippen LogP) is 2.79. The summed E-state index contributed by atoms with van der Waals surface area (Å²) in [6.07, 6.45) is 3.65. The summed E-state index contributed by atoms with van der Waals surface area (Å²) >= 11 is 5.74. The highest BCUT2D eigenvalue weighted by atomic mass is 35.5. The highest BCUT2D eigenvalue weighted by Gasteiger charge is 2.20. The molecule has 2 rings (SSSR count). The van der Waals surface area contributed by atoms with Crippen molar-refractivity contribution in [1.29, 1.82) is 0 Å². The average molecular weight is 299 g/mol. The van der Waals surface area contributed by atoms with Gasteiger partial charge in [0.05, 0.1) is 9.95 Å². The number of nitro groups is 1. The zero-order valence-electron chi connectivity index (χ0n) is 11.5. The van der Waals surface area contributed by atoms with Crippen LogP contribution in [-0.2, 0) is 0 Å². The number of likely N-dealkylation sites (tertiary alicyclic amines) is 1.